The molecule has 0 radical (unpaired) electrons. The summed E-state index contributed by atoms with van der Waals surface area (Å²) in [5.41, 5.74) is 1.51. The molecule has 1 aliphatic carbocycles. The van der Waals surface area contributed by atoms with Gasteiger partial charge in [0.15, 0.2) is 5.75 Å². The molecule has 2 aliphatic rings. The fourth-order valence-corrected chi connectivity index (χ4v) is 6.58. The van der Waals surface area contributed by atoms with Gasteiger partial charge in [-0.2, -0.15) is 4.31 Å². The van der Waals surface area contributed by atoms with E-state index in [-0.39, 0.29) is 59.8 Å². The second kappa shape index (κ2) is 13.2. The summed E-state index contributed by atoms with van der Waals surface area (Å²) in [6.45, 7) is 5.57. The SMILES string of the molecule is Cc1ccc(S(=O)(=O)N(C)C[C@H]2Oc3c(NC(=O)NC4CCCCC4)cccc3C(=O)N([C@@H](C)CO)C[C@@H]2C)cc1. The summed E-state index contributed by atoms with van der Waals surface area (Å²) < 4.78 is 34.5. The maximum absolute atomic E-state index is 13.7. The van der Waals surface area contributed by atoms with Crippen LogP contribution in [0.3, 0.4) is 0 Å². The van der Waals surface area contributed by atoms with Crippen molar-refractivity contribution in [1.29, 1.82) is 0 Å². The summed E-state index contributed by atoms with van der Waals surface area (Å²) in [4.78, 5) is 28.4. The van der Waals surface area contributed by atoms with E-state index in [1.54, 1.807) is 54.3 Å². The first-order chi connectivity index (χ1) is 19.5. The van der Waals surface area contributed by atoms with Gasteiger partial charge < -0.3 is 25.4 Å². The normalized spacial score (nSPS) is 20.9. The number of nitrogens with zero attached hydrogens (tertiary/aromatic N) is 2. The van der Waals surface area contributed by atoms with Crippen LogP contribution in [0, 0.1) is 12.8 Å². The van der Waals surface area contributed by atoms with Crippen LogP contribution in [0.2, 0.25) is 0 Å². The molecule has 2 aromatic rings. The molecule has 1 heterocycles. The van der Waals surface area contributed by atoms with Crippen molar-refractivity contribution >= 4 is 27.6 Å². The van der Waals surface area contributed by atoms with Gasteiger partial charge in [-0.25, -0.2) is 13.2 Å². The molecule has 10 nitrogen and oxygen atoms in total. The highest BCUT2D eigenvalue weighted by Crippen LogP contribution is 2.35. The Hall–Kier alpha value is -3.15. The highest BCUT2D eigenvalue weighted by Gasteiger charge is 2.36. The van der Waals surface area contributed by atoms with Gasteiger partial charge in [-0.3, -0.25) is 4.79 Å². The zero-order chi connectivity index (χ0) is 29.7. The third kappa shape index (κ3) is 7.20. The van der Waals surface area contributed by atoms with Crippen LogP contribution in [0.1, 0.15) is 61.9 Å². The summed E-state index contributed by atoms with van der Waals surface area (Å²) in [6, 6.07) is 10.9. The molecule has 0 unspecified atom stereocenters. The Labute approximate surface area is 243 Å². The molecule has 224 valence electrons. The number of aliphatic hydroxyl groups is 1. The molecule has 11 heteroatoms. The number of ether oxygens (including phenoxy) is 1. The Balaban J connectivity index is 1.65. The van der Waals surface area contributed by atoms with Crippen molar-refractivity contribution in [3.05, 3.63) is 53.6 Å². The number of nitrogens with one attached hydrogen (secondary N) is 2. The largest absolute Gasteiger partial charge is 0.486 e. The van der Waals surface area contributed by atoms with Crippen LogP contribution in [-0.2, 0) is 10.0 Å². The van der Waals surface area contributed by atoms with Crippen LogP contribution < -0.4 is 15.4 Å². The molecule has 2 aromatic carbocycles. The number of para-hydroxylation sites is 1. The number of aliphatic hydroxyl groups excluding tert-OH is 1. The second-order valence-corrected chi connectivity index (χ2v) is 13.4. The molecule has 3 amide bonds. The van der Waals surface area contributed by atoms with Crippen LogP contribution in [0.25, 0.3) is 0 Å². The number of urea groups is 1. The second-order valence-electron chi connectivity index (χ2n) is 11.3. The summed E-state index contributed by atoms with van der Waals surface area (Å²) in [5, 5.41) is 15.8. The third-order valence-corrected chi connectivity index (χ3v) is 9.88. The smallest absolute Gasteiger partial charge is 0.319 e. The molecular weight excluding hydrogens is 544 g/mol. The Kier molecular flexibility index (Phi) is 9.93. The number of likely N-dealkylation sites (N-methyl/N-ethyl adjacent to an activating group) is 1. The number of benzene rings is 2. The van der Waals surface area contributed by atoms with Crippen molar-refractivity contribution in [3.63, 3.8) is 0 Å². The number of hydrogen-bond donors (Lipinski definition) is 3. The van der Waals surface area contributed by atoms with Crippen LogP contribution in [0.15, 0.2) is 47.4 Å². The van der Waals surface area contributed by atoms with Crippen LogP contribution in [0.5, 0.6) is 5.75 Å². The molecule has 0 spiro atoms. The predicted molar refractivity (Wildman–Crippen MR) is 158 cm³/mol. The van der Waals surface area contributed by atoms with E-state index in [1.165, 1.54) is 17.8 Å². The zero-order valence-corrected chi connectivity index (χ0v) is 25.1. The summed E-state index contributed by atoms with van der Waals surface area (Å²) in [5.74, 6) is -0.450. The number of fused-ring (bicyclic) bond motifs is 1. The van der Waals surface area contributed by atoms with Gasteiger partial charge in [0.1, 0.15) is 6.10 Å². The highest BCUT2D eigenvalue weighted by atomic mass is 32.2. The number of amides is 3. The van der Waals surface area contributed by atoms with Gasteiger partial charge in [-0.1, -0.05) is 49.9 Å². The lowest BCUT2D eigenvalue weighted by atomic mass is 9.96. The first-order valence-electron chi connectivity index (χ1n) is 14.3. The standard InChI is InChI=1S/C30H42N4O6S/c1-20-13-15-24(16-14-20)41(38,39)33(4)18-27-21(2)17-34(22(3)19-35)29(36)25-11-8-12-26(28(25)40-27)32-30(37)31-23-9-6-5-7-10-23/h8,11-16,21-23,27,35H,5-7,9-10,17-19H2,1-4H3,(H2,31,32,37)/t21-,22-,27+/m0/s1. The number of carbonyl (C=O) groups is 2. The van der Waals surface area contributed by atoms with Gasteiger partial charge in [0, 0.05) is 25.6 Å². The molecule has 1 saturated carbocycles. The van der Waals surface area contributed by atoms with E-state index in [4.69, 9.17) is 4.74 Å². The van der Waals surface area contributed by atoms with Gasteiger partial charge in [-0.05, 0) is 51.0 Å². The van der Waals surface area contributed by atoms with Gasteiger partial charge in [-0.15, -0.1) is 0 Å². The summed E-state index contributed by atoms with van der Waals surface area (Å²) in [6.07, 6.45) is 4.49. The van der Waals surface area contributed by atoms with E-state index in [0.717, 1.165) is 31.2 Å². The minimum Gasteiger partial charge on any atom is -0.486 e. The van der Waals surface area contributed by atoms with Crippen LogP contribution in [-0.4, -0.2) is 79.6 Å². The van der Waals surface area contributed by atoms with Crippen molar-refractivity contribution in [1.82, 2.24) is 14.5 Å². The van der Waals surface area contributed by atoms with Crippen molar-refractivity contribution < 1.29 is 27.9 Å². The molecule has 4 rings (SSSR count). The fourth-order valence-electron chi connectivity index (χ4n) is 5.39. The lowest BCUT2D eigenvalue weighted by Gasteiger charge is -2.38. The molecule has 1 fully saturated rings. The Bertz CT molecular complexity index is 1330. The van der Waals surface area contributed by atoms with Gasteiger partial charge >= 0.3 is 6.03 Å². The number of carbonyl (C=O) groups excluding carboxylic acids is 2. The maximum Gasteiger partial charge on any atom is 0.319 e. The van der Waals surface area contributed by atoms with Crippen molar-refractivity contribution in [2.45, 2.75) is 76.0 Å². The number of anilines is 1. The lowest BCUT2D eigenvalue weighted by Crippen LogP contribution is -2.50. The quantitative estimate of drug-likeness (QED) is 0.429. The molecule has 41 heavy (non-hydrogen) atoms. The average molecular weight is 587 g/mol. The highest BCUT2D eigenvalue weighted by molar-refractivity contribution is 7.89. The first kappa shape index (κ1) is 30.8. The van der Waals surface area contributed by atoms with Gasteiger partial charge in [0.2, 0.25) is 10.0 Å². The fraction of sp³-hybridized carbons (Fsp3) is 0.533. The third-order valence-electron chi connectivity index (χ3n) is 8.05. The number of aryl methyl sites for hydroxylation is 1. The minimum atomic E-state index is -3.81. The lowest BCUT2D eigenvalue weighted by molar-refractivity contribution is 0.0389. The topological polar surface area (TPSA) is 128 Å². The number of hydrogen-bond acceptors (Lipinski definition) is 6. The average Bonchev–Trinajstić information content (AvgIpc) is 2.95. The number of sulfonamides is 1. The van der Waals surface area contributed by atoms with E-state index in [0.29, 0.717) is 5.69 Å². The van der Waals surface area contributed by atoms with Gasteiger partial charge in [0.05, 0.1) is 35.3 Å². The van der Waals surface area contributed by atoms with Gasteiger partial charge in [0.25, 0.3) is 5.91 Å². The number of rotatable bonds is 8. The Morgan fingerprint density at radius 3 is 2.49 bits per heavy atom. The predicted octanol–water partition coefficient (Wildman–Crippen LogP) is 3.99. The summed E-state index contributed by atoms with van der Waals surface area (Å²) >= 11 is 0. The van der Waals surface area contributed by atoms with E-state index in [9.17, 15) is 23.1 Å². The molecule has 3 atom stereocenters. The zero-order valence-electron chi connectivity index (χ0n) is 24.3. The van der Waals surface area contributed by atoms with Crippen molar-refractivity contribution in [3.8, 4) is 5.75 Å². The first-order valence-corrected chi connectivity index (χ1v) is 15.8. The molecule has 0 aromatic heterocycles. The van der Waals surface area contributed by atoms with Crippen LogP contribution in [0.4, 0.5) is 10.5 Å². The van der Waals surface area contributed by atoms with Crippen molar-refractivity contribution in [2.75, 3.05) is 32.1 Å². The maximum atomic E-state index is 13.7. The molecule has 0 bridgehead atoms. The monoisotopic (exact) mass is 586 g/mol. The Morgan fingerprint density at radius 1 is 1.15 bits per heavy atom. The van der Waals surface area contributed by atoms with Crippen LogP contribution >= 0.6 is 0 Å². The van der Waals surface area contributed by atoms with E-state index in [2.05, 4.69) is 10.6 Å². The molecule has 1 aliphatic heterocycles. The summed E-state index contributed by atoms with van der Waals surface area (Å²) in [7, 11) is -2.31. The molecular formula is C30H42N4O6S. The molecule has 3 N–H and O–H groups in total. The molecule has 0 saturated heterocycles. The Morgan fingerprint density at radius 2 is 1.83 bits per heavy atom. The van der Waals surface area contributed by atoms with E-state index in [1.807, 2.05) is 13.8 Å². The minimum absolute atomic E-state index is 0.00889. The van der Waals surface area contributed by atoms with E-state index < -0.39 is 22.2 Å². The van der Waals surface area contributed by atoms with E-state index >= 15 is 0 Å². The van der Waals surface area contributed by atoms with Crippen molar-refractivity contribution in [2.24, 2.45) is 5.92 Å².